The van der Waals surface area contributed by atoms with E-state index >= 15 is 0 Å². The van der Waals surface area contributed by atoms with Gasteiger partial charge in [-0.25, -0.2) is 0 Å². The van der Waals surface area contributed by atoms with E-state index in [1.807, 2.05) is 42.5 Å². The minimum Gasteiger partial charge on any atom is -0.349 e. The Morgan fingerprint density at radius 2 is 1.67 bits per heavy atom. The van der Waals surface area contributed by atoms with E-state index in [0.717, 1.165) is 17.4 Å². The van der Waals surface area contributed by atoms with Gasteiger partial charge in [0.15, 0.2) is 11.4 Å². The molecular formula is C18H12ClN3OS. The summed E-state index contributed by atoms with van der Waals surface area (Å²) in [5.41, 5.74) is 1.07. The number of benzene rings is 2. The fourth-order valence-corrected chi connectivity index (χ4v) is 2.95. The first kappa shape index (κ1) is 17.6. The van der Waals surface area contributed by atoms with Crippen molar-refractivity contribution >= 4 is 34.8 Å². The third-order valence-corrected chi connectivity index (χ3v) is 4.34. The zero-order valence-corrected chi connectivity index (χ0v) is 14.1. The number of rotatable bonds is 6. The van der Waals surface area contributed by atoms with Crippen LogP contribution in [0, 0.1) is 22.7 Å². The molecule has 0 spiro atoms. The van der Waals surface area contributed by atoms with E-state index in [1.165, 1.54) is 0 Å². The van der Waals surface area contributed by atoms with Crippen molar-refractivity contribution in [2.45, 2.75) is 0 Å². The number of thioether (sulfide) groups is 1. The summed E-state index contributed by atoms with van der Waals surface area (Å²) in [5.74, 6) is -0.112. The van der Waals surface area contributed by atoms with Gasteiger partial charge in [0.1, 0.15) is 17.2 Å². The second-order valence-corrected chi connectivity index (χ2v) is 6.00. The number of nitrogens with zero attached hydrogens (tertiary/aromatic N) is 2. The summed E-state index contributed by atoms with van der Waals surface area (Å²) in [6, 6.07) is 19.6. The Balaban J connectivity index is 2.17. The summed E-state index contributed by atoms with van der Waals surface area (Å²) < 4.78 is 0. The highest BCUT2D eigenvalue weighted by atomic mass is 35.5. The lowest BCUT2D eigenvalue weighted by molar-refractivity contribution is 0.102. The summed E-state index contributed by atoms with van der Waals surface area (Å²) in [4.78, 5) is 12.3. The number of ketones is 1. The zero-order valence-electron chi connectivity index (χ0n) is 12.5. The molecule has 118 valence electrons. The van der Waals surface area contributed by atoms with Crippen molar-refractivity contribution in [3.8, 4) is 12.1 Å². The van der Waals surface area contributed by atoms with Gasteiger partial charge < -0.3 is 5.32 Å². The minimum atomic E-state index is -0.173. The molecule has 2 aromatic carbocycles. The molecule has 0 heterocycles. The summed E-state index contributed by atoms with van der Waals surface area (Å²) in [6.45, 7) is 0. The third-order valence-electron chi connectivity index (χ3n) is 3.00. The average molecular weight is 354 g/mol. The largest absolute Gasteiger partial charge is 0.349 e. The normalized spacial score (nSPS) is 9.46. The van der Waals surface area contributed by atoms with E-state index in [2.05, 4.69) is 5.32 Å². The second-order valence-electron chi connectivity index (χ2n) is 4.61. The zero-order chi connectivity index (χ0) is 17.4. The van der Waals surface area contributed by atoms with Crippen LogP contribution in [0.4, 0.5) is 5.69 Å². The predicted octanol–water partition coefficient (Wildman–Crippen LogP) is 4.63. The molecule has 0 aliphatic heterocycles. The van der Waals surface area contributed by atoms with Gasteiger partial charge in [0, 0.05) is 11.3 Å². The number of nitrogens with one attached hydrogen (secondary N) is 1. The lowest BCUT2D eigenvalue weighted by atomic mass is 10.1. The van der Waals surface area contributed by atoms with Crippen molar-refractivity contribution in [1.82, 2.24) is 0 Å². The molecule has 0 amide bonds. The van der Waals surface area contributed by atoms with Gasteiger partial charge in [0.2, 0.25) is 0 Å². The van der Waals surface area contributed by atoms with Crippen molar-refractivity contribution < 1.29 is 4.79 Å². The van der Waals surface area contributed by atoms with Gasteiger partial charge in [0.25, 0.3) is 0 Å². The Hall–Kier alpha value is -2.73. The highest BCUT2D eigenvalue weighted by Gasteiger charge is 2.14. The summed E-state index contributed by atoms with van der Waals surface area (Å²) >= 11 is 7.12. The number of nitriles is 2. The van der Waals surface area contributed by atoms with Gasteiger partial charge in [-0.15, -0.1) is 0 Å². The van der Waals surface area contributed by atoms with E-state index in [4.69, 9.17) is 22.1 Å². The first-order chi connectivity index (χ1) is 11.7. The SMILES string of the molecule is N#CC(C#N)=C(Nc1ccccc1)SCC(=O)c1ccccc1Cl. The van der Waals surface area contributed by atoms with E-state index in [-0.39, 0.29) is 17.1 Å². The van der Waals surface area contributed by atoms with E-state index in [9.17, 15) is 4.79 Å². The molecule has 0 radical (unpaired) electrons. The summed E-state index contributed by atoms with van der Waals surface area (Å²) in [7, 11) is 0. The highest BCUT2D eigenvalue weighted by molar-refractivity contribution is 8.03. The molecule has 24 heavy (non-hydrogen) atoms. The molecule has 0 fully saturated rings. The quantitative estimate of drug-likeness (QED) is 0.605. The van der Waals surface area contributed by atoms with Crippen molar-refractivity contribution in [1.29, 1.82) is 10.5 Å². The molecule has 0 aliphatic rings. The molecule has 2 rings (SSSR count). The number of anilines is 1. The van der Waals surface area contributed by atoms with Crippen LogP contribution in [0.5, 0.6) is 0 Å². The van der Waals surface area contributed by atoms with Crippen LogP contribution in [-0.4, -0.2) is 11.5 Å². The lowest BCUT2D eigenvalue weighted by Crippen LogP contribution is -2.07. The Bertz CT molecular complexity index is 835. The molecule has 0 aliphatic carbocycles. The van der Waals surface area contributed by atoms with Crippen molar-refractivity contribution in [3.63, 3.8) is 0 Å². The maximum Gasteiger partial charge on any atom is 0.174 e. The van der Waals surface area contributed by atoms with Crippen LogP contribution in [-0.2, 0) is 0 Å². The van der Waals surface area contributed by atoms with Gasteiger partial charge in [-0.05, 0) is 24.3 Å². The molecule has 2 aromatic rings. The highest BCUT2D eigenvalue weighted by Crippen LogP contribution is 2.25. The smallest absolute Gasteiger partial charge is 0.174 e. The number of hydrogen-bond acceptors (Lipinski definition) is 5. The van der Waals surface area contributed by atoms with Gasteiger partial charge in [-0.3, -0.25) is 4.79 Å². The Kier molecular flexibility index (Phi) is 6.45. The predicted molar refractivity (Wildman–Crippen MR) is 96.6 cm³/mol. The molecule has 0 bridgehead atoms. The number of carbonyl (C=O) groups excluding carboxylic acids is 1. The maximum atomic E-state index is 12.3. The van der Waals surface area contributed by atoms with Gasteiger partial charge in [0.05, 0.1) is 10.8 Å². The van der Waals surface area contributed by atoms with E-state index in [0.29, 0.717) is 15.6 Å². The topological polar surface area (TPSA) is 76.7 Å². The number of halogens is 1. The standard InChI is InChI=1S/C18H12ClN3OS/c19-16-9-5-4-8-15(16)17(23)12-24-18(13(10-20)11-21)22-14-6-2-1-3-7-14/h1-9,22H,12H2. The summed E-state index contributed by atoms with van der Waals surface area (Å²) in [6.07, 6.45) is 0. The molecular weight excluding hydrogens is 342 g/mol. The number of hydrogen-bond donors (Lipinski definition) is 1. The molecule has 0 atom stereocenters. The molecule has 0 saturated carbocycles. The second kappa shape index (κ2) is 8.79. The van der Waals surface area contributed by atoms with Crippen LogP contribution < -0.4 is 5.32 Å². The summed E-state index contributed by atoms with van der Waals surface area (Å²) in [5, 5.41) is 22.0. The maximum absolute atomic E-state index is 12.3. The molecule has 4 nitrogen and oxygen atoms in total. The van der Waals surface area contributed by atoms with Crippen molar-refractivity contribution in [3.05, 3.63) is 75.8 Å². The van der Waals surface area contributed by atoms with Crippen LogP contribution >= 0.6 is 23.4 Å². The molecule has 0 aromatic heterocycles. The Labute approximate surface area is 149 Å². The molecule has 0 saturated heterocycles. The minimum absolute atomic E-state index is 0.0613. The number of allylic oxidation sites excluding steroid dienone is 1. The van der Waals surface area contributed by atoms with Crippen LogP contribution in [0.25, 0.3) is 0 Å². The van der Waals surface area contributed by atoms with Gasteiger partial charge in [-0.2, -0.15) is 10.5 Å². The molecule has 6 heteroatoms. The number of carbonyl (C=O) groups is 1. The van der Waals surface area contributed by atoms with Gasteiger partial charge in [-0.1, -0.05) is 53.7 Å². The number of Topliss-reactive ketones (excluding diaryl/α,β-unsaturated/α-hetero) is 1. The van der Waals surface area contributed by atoms with E-state index in [1.54, 1.807) is 24.3 Å². The van der Waals surface area contributed by atoms with Crippen molar-refractivity contribution in [2.75, 3.05) is 11.1 Å². The third kappa shape index (κ3) is 4.63. The fourth-order valence-electron chi connectivity index (χ4n) is 1.85. The van der Waals surface area contributed by atoms with Crippen molar-refractivity contribution in [2.24, 2.45) is 0 Å². The number of para-hydroxylation sites is 1. The Morgan fingerprint density at radius 1 is 1.04 bits per heavy atom. The first-order valence-corrected chi connectivity index (χ1v) is 8.29. The van der Waals surface area contributed by atoms with Crippen LogP contribution in [0.15, 0.2) is 65.2 Å². The molecule has 1 N–H and O–H groups in total. The first-order valence-electron chi connectivity index (χ1n) is 6.92. The fraction of sp³-hybridized carbons (Fsp3) is 0.0556. The van der Waals surface area contributed by atoms with Gasteiger partial charge >= 0.3 is 0 Å². The monoisotopic (exact) mass is 353 g/mol. The molecule has 0 unspecified atom stereocenters. The lowest BCUT2D eigenvalue weighted by Gasteiger charge is -2.10. The van der Waals surface area contributed by atoms with Crippen LogP contribution in [0.1, 0.15) is 10.4 Å². The van der Waals surface area contributed by atoms with Crippen LogP contribution in [0.3, 0.4) is 0 Å². The van der Waals surface area contributed by atoms with Crippen LogP contribution in [0.2, 0.25) is 5.02 Å². The van der Waals surface area contributed by atoms with E-state index < -0.39 is 0 Å². The average Bonchev–Trinajstić information content (AvgIpc) is 2.61. The Morgan fingerprint density at radius 3 is 2.29 bits per heavy atom.